The minimum Gasteiger partial charge on any atom is -0.425 e. The minimum absolute atomic E-state index is 0.00453. The Bertz CT molecular complexity index is 358. The van der Waals surface area contributed by atoms with Gasteiger partial charge in [0, 0.05) is 11.8 Å². The Kier molecular flexibility index (Phi) is 4.33. The predicted octanol–water partition coefficient (Wildman–Crippen LogP) is 1.22. The average molecular weight is 226 g/mol. The Morgan fingerprint density at radius 2 is 1.93 bits per heavy atom. The SMILES string of the molecule is CC(=O)Sc1ccc(OC(=O)CO)cc1. The maximum absolute atomic E-state index is 10.8. The van der Waals surface area contributed by atoms with Crippen LogP contribution < -0.4 is 4.74 Å². The zero-order valence-corrected chi connectivity index (χ0v) is 8.91. The molecule has 5 heteroatoms. The molecule has 0 aliphatic carbocycles. The number of aliphatic hydroxyl groups is 1. The second-order valence-electron chi connectivity index (χ2n) is 2.70. The van der Waals surface area contributed by atoms with E-state index in [1.807, 2.05) is 0 Å². The lowest BCUT2D eigenvalue weighted by atomic mass is 10.3. The van der Waals surface area contributed by atoms with Gasteiger partial charge in [-0.15, -0.1) is 0 Å². The van der Waals surface area contributed by atoms with Crippen molar-refractivity contribution in [2.45, 2.75) is 11.8 Å². The molecule has 0 radical (unpaired) electrons. The summed E-state index contributed by atoms with van der Waals surface area (Å²) in [6.45, 7) is 0.828. The monoisotopic (exact) mass is 226 g/mol. The first-order valence-electron chi connectivity index (χ1n) is 4.22. The summed E-state index contributed by atoms with van der Waals surface area (Å²) in [7, 11) is 0. The van der Waals surface area contributed by atoms with E-state index < -0.39 is 12.6 Å². The number of carbonyl (C=O) groups excluding carboxylic acids is 2. The number of rotatable bonds is 3. The number of carbonyl (C=O) groups is 2. The Labute approximate surface area is 91.2 Å². The Morgan fingerprint density at radius 1 is 1.33 bits per heavy atom. The molecule has 0 spiro atoms. The molecular formula is C10H10O4S. The standard InChI is InChI=1S/C10H10O4S/c1-7(12)15-9-4-2-8(3-5-9)14-10(13)6-11/h2-5,11H,6H2,1H3. The van der Waals surface area contributed by atoms with E-state index in [9.17, 15) is 9.59 Å². The maximum Gasteiger partial charge on any atom is 0.337 e. The van der Waals surface area contributed by atoms with Gasteiger partial charge in [-0.2, -0.15) is 0 Å². The third-order valence-electron chi connectivity index (χ3n) is 1.45. The van der Waals surface area contributed by atoms with E-state index >= 15 is 0 Å². The van der Waals surface area contributed by atoms with E-state index in [2.05, 4.69) is 0 Å². The highest BCUT2D eigenvalue weighted by atomic mass is 32.2. The fourth-order valence-electron chi connectivity index (χ4n) is 0.905. The summed E-state index contributed by atoms with van der Waals surface area (Å²) in [4.78, 5) is 22.3. The van der Waals surface area contributed by atoms with Crippen LogP contribution in [0.5, 0.6) is 5.75 Å². The lowest BCUT2D eigenvalue weighted by Gasteiger charge is -2.02. The fraction of sp³-hybridized carbons (Fsp3) is 0.200. The van der Waals surface area contributed by atoms with Gasteiger partial charge in [-0.3, -0.25) is 4.79 Å². The lowest BCUT2D eigenvalue weighted by Crippen LogP contribution is -2.11. The summed E-state index contributed by atoms with van der Waals surface area (Å²) in [6, 6.07) is 6.48. The van der Waals surface area contributed by atoms with Crippen molar-refractivity contribution in [3.05, 3.63) is 24.3 Å². The predicted molar refractivity (Wildman–Crippen MR) is 55.7 cm³/mol. The van der Waals surface area contributed by atoms with Crippen LogP contribution in [0.1, 0.15) is 6.92 Å². The highest BCUT2D eigenvalue weighted by Gasteiger charge is 2.03. The molecule has 1 N–H and O–H groups in total. The molecule has 1 rings (SSSR count). The molecule has 15 heavy (non-hydrogen) atoms. The molecule has 0 aromatic heterocycles. The molecule has 4 nitrogen and oxygen atoms in total. The molecule has 0 aliphatic rings. The number of hydrogen-bond donors (Lipinski definition) is 1. The number of hydrogen-bond acceptors (Lipinski definition) is 5. The number of benzene rings is 1. The largest absolute Gasteiger partial charge is 0.425 e. The van der Waals surface area contributed by atoms with Crippen LogP contribution >= 0.6 is 11.8 Å². The van der Waals surface area contributed by atoms with Gasteiger partial charge in [0.05, 0.1) is 0 Å². The number of ether oxygens (including phenoxy) is 1. The van der Waals surface area contributed by atoms with Crippen molar-refractivity contribution in [1.82, 2.24) is 0 Å². The first-order chi connectivity index (χ1) is 7.11. The molecule has 1 aromatic rings. The molecule has 0 heterocycles. The van der Waals surface area contributed by atoms with Gasteiger partial charge in [-0.05, 0) is 24.3 Å². The van der Waals surface area contributed by atoms with E-state index in [1.54, 1.807) is 24.3 Å². The number of esters is 1. The van der Waals surface area contributed by atoms with Gasteiger partial charge in [0.1, 0.15) is 12.4 Å². The van der Waals surface area contributed by atoms with E-state index in [0.29, 0.717) is 5.75 Å². The Balaban J connectivity index is 2.64. The Morgan fingerprint density at radius 3 is 2.40 bits per heavy atom. The highest BCUT2D eigenvalue weighted by Crippen LogP contribution is 2.21. The van der Waals surface area contributed by atoms with Crippen LogP contribution in [0.15, 0.2) is 29.2 Å². The third kappa shape index (κ3) is 4.14. The summed E-state index contributed by atoms with van der Waals surface area (Å²) < 4.78 is 4.74. The lowest BCUT2D eigenvalue weighted by molar-refractivity contribution is -0.137. The molecule has 0 unspecified atom stereocenters. The van der Waals surface area contributed by atoms with Gasteiger partial charge >= 0.3 is 5.97 Å². The fourth-order valence-corrected chi connectivity index (χ4v) is 1.51. The minimum atomic E-state index is -0.707. The van der Waals surface area contributed by atoms with Gasteiger partial charge in [0.15, 0.2) is 5.12 Å². The van der Waals surface area contributed by atoms with E-state index in [0.717, 1.165) is 16.7 Å². The molecule has 0 bridgehead atoms. The summed E-state index contributed by atoms with van der Waals surface area (Å²) in [5.41, 5.74) is 0. The van der Waals surface area contributed by atoms with Gasteiger partial charge in [0.2, 0.25) is 0 Å². The second-order valence-corrected chi connectivity index (χ2v) is 3.95. The summed E-state index contributed by atoms with van der Waals surface area (Å²) >= 11 is 1.10. The molecule has 0 fully saturated rings. The summed E-state index contributed by atoms with van der Waals surface area (Å²) in [5.74, 6) is -0.357. The number of aliphatic hydroxyl groups excluding tert-OH is 1. The van der Waals surface area contributed by atoms with Crippen molar-refractivity contribution in [1.29, 1.82) is 0 Å². The van der Waals surface area contributed by atoms with Gasteiger partial charge < -0.3 is 9.84 Å². The summed E-state index contributed by atoms with van der Waals surface area (Å²) in [6.07, 6.45) is 0. The molecule has 80 valence electrons. The van der Waals surface area contributed by atoms with Crippen LogP contribution in [0.25, 0.3) is 0 Å². The van der Waals surface area contributed by atoms with Crippen LogP contribution in [0.4, 0.5) is 0 Å². The Hall–Kier alpha value is -1.33. The zero-order chi connectivity index (χ0) is 11.3. The highest BCUT2D eigenvalue weighted by molar-refractivity contribution is 8.13. The maximum atomic E-state index is 10.8. The zero-order valence-electron chi connectivity index (χ0n) is 8.10. The third-order valence-corrected chi connectivity index (χ3v) is 2.24. The quantitative estimate of drug-likeness (QED) is 0.477. The summed E-state index contributed by atoms with van der Waals surface area (Å²) in [5, 5.41) is 8.44. The topological polar surface area (TPSA) is 63.6 Å². The van der Waals surface area contributed by atoms with Crippen LogP contribution in [0.3, 0.4) is 0 Å². The van der Waals surface area contributed by atoms with E-state index in [4.69, 9.17) is 9.84 Å². The first kappa shape index (κ1) is 11.7. The van der Waals surface area contributed by atoms with Crippen molar-refractivity contribution in [3.8, 4) is 5.75 Å². The first-order valence-corrected chi connectivity index (χ1v) is 5.03. The van der Waals surface area contributed by atoms with Gasteiger partial charge in [-0.1, -0.05) is 11.8 Å². The molecule has 0 atom stereocenters. The second kappa shape index (κ2) is 5.53. The molecule has 1 aromatic carbocycles. The smallest absolute Gasteiger partial charge is 0.337 e. The molecule has 0 saturated heterocycles. The van der Waals surface area contributed by atoms with E-state index in [1.165, 1.54) is 6.92 Å². The van der Waals surface area contributed by atoms with Crippen LogP contribution in [0.2, 0.25) is 0 Å². The van der Waals surface area contributed by atoms with E-state index in [-0.39, 0.29) is 5.12 Å². The van der Waals surface area contributed by atoms with Crippen molar-refractivity contribution >= 4 is 22.8 Å². The van der Waals surface area contributed by atoms with Crippen molar-refractivity contribution in [2.75, 3.05) is 6.61 Å². The van der Waals surface area contributed by atoms with Crippen LogP contribution in [0, 0.1) is 0 Å². The van der Waals surface area contributed by atoms with Crippen molar-refractivity contribution < 1.29 is 19.4 Å². The van der Waals surface area contributed by atoms with Crippen LogP contribution in [-0.2, 0) is 9.59 Å². The van der Waals surface area contributed by atoms with Crippen molar-refractivity contribution in [2.24, 2.45) is 0 Å². The van der Waals surface area contributed by atoms with Gasteiger partial charge in [0.25, 0.3) is 0 Å². The normalized spacial score (nSPS) is 9.73. The molecule has 0 amide bonds. The van der Waals surface area contributed by atoms with Crippen molar-refractivity contribution in [3.63, 3.8) is 0 Å². The number of thioether (sulfide) groups is 1. The van der Waals surface area contributed by atoms with Crippen LogP contribution in [-0.4, -0.2) is 22.8 Å². The molecule has 0 saturated carbocycles. The molecular weight excluding hydrogens is 216 g/mol. The average Bonchev–Trinajstić information content (AvgIpc) is 2.20. The molecule has 0 aliphatic heterocycles. The van der Waals surface area contributed by atoms with Gasteiger partial charge in [-0.25, -0.2) is 4.79 Å².